The van der Waals surface area contributed by atoms with Crippen molar-refractivity contribution >= 4 is 34.1 Å². The normalized spacial score (nSPS) is 11.7. The zero-order valence-corrected chi connectivity index (χ0v) is 23.6. The first-order valence-electron chi connectivity index (χ1n) is 12.2. The Morgan fingerprint density at radius 2 is 1.84 bits per heavy atom. The van der Waals surface area contributed by atoms with Crippen LogP contribution in [0.1, 0.15) is 48.6 Å². The van der Waals surface area contributed by atoms with Gasteiger partial charge in [0.15, 0.2) is 5.69 Å². The minimum atomic E-state index is -3.87. The molecule has 0 atom stereocenters. The van der Waals surface area contributed by atoms with Gasteiger partial charge in [-0.1, -0.05) is 55.8 Å². The fourth-order valence-electron chi connectivity index (χ4n) is 3.83. The molecule has 2 aromatic carbocycles. The molecule has 0 fully saturated rings. The lowest BCUT2D eigenvalue weighted by atomic mass is 10.0. The maximum atomic E-state index is 12.9. The molecule has 10 heteroatoms. The van der Waals surface area contributed by atoms with E-state index in [1.807, 2.05) is 35.1 Å². The molecule has 0 saturated heterocycles. The van der Waals surface area contributed by atoms with E-state index in [1.54, 1.807) is 50.2 Å². The van der Waals surface area contributed by atoms with E-state index in [0.717, 1.165) is 36.2 Å². The number of carbonyl (C=O) groups excluding carboxylic acids is 1. The van der Waals surface area contributed by atoms with Gasteiger partial charge in [-0.15, -0.1) is 16.2 Å². The minimum Gasteiger partial charge on any atom is -0.461 e. The van der Waals surface area contributed by atoms with Gasteiger partial charge >= 0.3 is 5.97 Å². The van der Waals surface area contributed by atoms with Gasteiger partial charge in [0.25, 0.3) is 10.0 Å². The number of ether oxygens (including phenoxy) is 1. The lowest BCUT2D eigenvalue weighted by Crippen LogP contribution is -2.16. The summed E-state index contributed by atoms with van der Waals surface area (Å²) in [7, 11) is -0.436. The number of aromatic nitrogens is 2. The molecule has 198 valence electrons. The third-order valence-corrected chi connectivity index (χ3v) is 7.57. The Labute approximate surface area is 223 Å². The molecule has 0 radical (unpaired) electrons. The minimum absolute atomic E-state index is 0.145. The summed E-state index contributed by atoms with van der Waals surface area (Å²) in [5.74, 6) is 0.477. The molecular formula is C27H34N4O4S2. The van der Waals surface area contributed by atoms with E-state index in [-0.39, 0.29) is 17.5 Å². The van der Waals surface area contributed by atoms with Crippen LogP contribution in [0.5, 0.6) is 0 Å². The second-order valence-electron chi connectivity index (χ2n) is 8.65. The Hall–Kier alpha value is -3.11. The van der Waals surface area contributed by atoms with E-state index in [2.05, 4.69) is 11.3 Å². The van der Waals surface area contributed by atoms with Gasteiger partial charge in [-0.3, -0.25) is 0 Å². The van der Waals surface area contributed by atoms with Crippen LogP contribution in [0.3, 0.4) is 0 Å². The van der Waals surface area contributed by atoms with Crippen molar-refractivity contribution in [2.45, 2.75) is 49.6 Å². The van der Waals surface area contributed by atoms with Gasteiger partial charge in [0.1, 0.15) is 17.2 Å². The van der Waals surface area contributed by atoms with Crippen LogP contribution in [0.15, 0.2) is 62.9 Å². The number of benzene rings is 2. The first kappa shape index (κ1) is 28.5. The highest BCUT2D eigenvalue weighted by molar-refractivity contribution is 7.98. The fourth-order valence-corrected chi connectivity index (χ4v) is 5.55. The number of carbonyl (C=O) groups is 1. The van der Waals surface area contributed by atoms with E-state index in [4.69, 9.17) is 9.72 Å². The largest absolute Gasteiger partial charge is 0.461 e. The van der Waals surface area contributed by atoms with Crippen molar-refractivity contribution in [1.82, 2.24) is 14.5 Å². The summed E-state index contributed by atoms with van der Waals surface area (Å²) in [6, 6.07) is 14.5. The molecule has 0 saturated carbocycles. The number of thioether (sulfide) groups is 1. The fraction of sp³-hybridized carbons (Fsp3) is 0.370. The molecule has 3 rings (SSSR count). The molecule has 0 aliphatic rings. The molecule has 1 heterocycles. The Morgan fingerprint density at radius 1 is 1.14 bits per heavy atom. The summed E-state index contributed by atoms with van der Waals surface area (Å²) in [6.45, 7) is 4.65. The second-order valence-corrected chi connectivity index (χ2v) is 11.0. The number of hydrogen-bond acceptors (Lipinski definition) is 6. The van der Waals surface area contributed by atoms with Crippen LogP contribution in [-0.2, 0) is 27.7 Å². The Balaban J connectivity index is 1.98. The molecule has 0 aliphatic carbocycles. The SMILES string of the molecule is CCCCc1nc(SC)c(C(=O)OCC)n1Cc1ccc(-c2ccccc2S(=O)(=O)N=CN(C)C)cc1. The van der Waals surface area contributed by atoms with Crippen molar-refractivity contribution in [3.63, 3.8) is 0 Å². The summed E-state index contributed by atoms with van der Waals surface area (Å²) in [6.07, 6.45) is 5.93. The number of aryl methyl sites for hydroxylation is 1. The Kier molecular flexibility index (Phi) is 9.93. The molecular weight excluding hydrogens is 508 g/mol. The first-order valence-corrected chi connectivity index (χ1v) is 14.8. The lowest BCUT2D eigenvalue weighted by molar-refractivity contribution is 0.0509. The van der Waals surface area contributed by atoms with Crippen LogP contribution in [-0.4, -0.2) is 62.1 Å². The predicted octanol–water partition coefficient (Wildman–Crippen LogP) is 5.12. The summed E-state index contributed by atoms with van der Waals surface area (Å²) < 4.78 is 36.8. The average molecular weight is 543 g/mol. The molecule has 0 aliphatic heterocycles. The van der Waals surface area contributed by atoms with Gasteiger partial charge in [0, 0.05) is 32.6 Å². The quantitative estimate of drug-likeness (QED) is 0.136. The van der Waals surface area contributed by atoms with Gasteiger partial charge in [0.2, 0.25) is 0 Å². The van der Waals surface area contributed by atoms with Crippen LogP contribution in [0.25, 0.3) is 11.1 Å². The maximum absolute atomic E-state index is 12.9. The van der Waals surface area contributed by atoms with Crippen molar-refractivity contribution in [3.05, 3.63) is 65.6 Å². The maximum Gasteiger partial charge on any atom is 0.357 e. The third kappa shape index (κ3) is 7.01. The van der Waals surface area contributed by atoms with Crippen LogP contribution < -0.4 is 0 Å². The molecule has 3 aromatic rings. The highest BCUT2D eigenvalue weighted by Crippen LogP contribution is 2.30. The number of rotatable bonds is 12. The van der Waals surface area contributed by atoms with E-state index in [0.29, 0.717) is 22.8 Å². The molecule has 37 heavy (non-hydrogen) atoms. The van der Waals surface area contributed by atoms with E-state index >= 15 is 0 Å². The van der Waals surface area contributed by atoms with Gasteiger partial charge in [-0.05, 0) is 36.8 Å². The molecule has 0 bridgehead atoms. The molecule has 1 aromatic heterocycles. The van der Waals surface area contributed by atoms with Crippen molar-refractivity contribution in [1.29, 1.82) is 0 Å². The van der Waals surface area contributed by atoms with E-state index in [9.17, 15) is 13.2 Å². The predicted molar refractivity (Wildman–Crippen MR) is 149 cm³/mol. The van der Waals surface area contributed by atoms with Gasteiger partial charge < -0.3 is 14.2 Å². The number of imidazole rings is 1. The van der Waals surface area contributed by atoms with Crippen molar-refractivity contribution in [2.24, 2.45) is 4.40 Å². The number of esters is 1. The lowest BCUT2D eigenvalue weighted by Gasteiger charge is -2.13. The number of sulfonamides is 1. The summed E-state index contributed by atoms with van der Waals surface area (Å²) >= 11 is 1.43. The molecule has 0 N–H and O–H groups in total. The summed E-state index contributed by atoms with van der Waals surface area (Å²) in [4.78, 5) is 19.3. The van der Waals surface area contributed by atoms with E-state index in [1.165, 1.54) is 18.1 Å². The van der Waals surface area contributed by atoms with Crippen LogP contribution in [0.4, 0.5) is 0 Å². The van der Waals surface area contributed by atoms with Gasteiger partial charge in [0.05, 0.1) is 11.5 Å². The monoisotopic (exact) mass is 542 g/mol. The number of nitrogens with zero attached hydrogens (tertiary/aromatic N) is 4. The van der Waals surface area contributed by atoms with Crippen molar-refractivity contribution in [2.75, 3.05) is 27.0 Å². The van der Waals surface area contributed by atoms with Crippen molar-refractivity contribution < 1.29 is 17.9 Å². The van der Waals surface area contributed by atoms with Gasteiger partial charge in [-0.2, -0.15) is 8.42 Å². The average Bonchev–Trinajstić information content (AvgIpc) is 3.24. The van der Waals surface area contributed by atoms with Crippen LogP contribution in [0, 0.1) is 0 Å². The first-order chi connectivity index (χ1) is 17.7. The summed E-state index contributed by atoms with van der Waals surface area (Å²) in [5, 5.41) is 0.665. The topological polar surface area (TPSA) is 93.9 Å². The highest BCUT2D eigenvalue weighted by atomic mass is 32.2. The summed E-state index contributed by atoms with van der Waals surface area (Å²) in [5.41, 5.74) is 2.77. The zero-order chi connectivity index (χ0) is 27.0. The standard InChI is InChI=1S/C27H34N4O4S2/c1-6-8-13-24-29-26(36-5)25(27(32)35-7-2)31(24)18-20-14-16-21(17-15-20)22-11-9-10-12-23(22)37(33,34)28-19-30(3)4/h9-12,14-17,19H,6-8,13,18H2,1-5H3. The Morgan fingerprint density at radius 3 is 2.46 bits per heavy atom. The van der Waals surface area contributed by atoms with Gasteiger partial charge in [-0.25, -0.2) is 9.78 Å². The Bertz CT molecular complexity index is 1350. The number of hydrogen-bond donors (Lipinski definition) is 0. The van der Waals surface area contributed by atoms with Crippen molar-refractivity contribution in [3.8, 4) is 11.1 Å². The van der Waals surface area contributed by atoms with E-state index < -0.39 is 10.0 Å². The molecule has 0 unspecified atom stereocenters. The van der Waals surface area contributed by atoms with Crippen LogP contribution >= 0.6 is 11.8 Å². The number of unbranched alkanes of at least 4 members (excludes halogenated alkanes) is 1. The van der Waals surface area contributed by atoms with Crippen LogP contribution in [0.2, 0.25) is 0 Å². The second kappa shape index (κ2) is 12.9. The smallest absolute Gasteiger partial charge is 0.357 e. The highest BCUT2D eigenvalue weighted by Gasteiger charge is 2.24. The molecule has 0 amide bonds. The molecule has 8 nitrogen and oxygen atoms in total. The molecule has 0 spiro atoms. The third-order valence-electron chi connectivity index (χ3n) is 5.62. The zero-order valence-electron chi connectivity index (χ0n) is 22.0.